The Bertz CT molecular complexity index is 954. The van der Waals surface area contributed by atoms with Crippen molar-refractivity contribution < 1.29 is 27.5 Å². The van der Waals surface area contributed by atoms with Gasteiger partial charge in [0.05, 0.1) is 23.3 Å². The predicted molar refractivity (Wildman–Crippen MR) is 101 cm³/mol. The van der Waals surface area contributed by atoms with Gasteiger partial charge in [-0.15, -0.1) is 11.3 Å². The number of sulfone groups is 1. The van der Waals surface area contributed by atoms with Crippen LogP contribution in [0.5, 0.6) is 0 Å². The summed E-state index contributed by atoms with van der Waals surface area (Å²) in [5.41, 5.74) is 0.0688. The van der Waals surface area contributed by atoms with E-state index in [4.69, 9.17) is 11.6 Å². The van der Waals surface area contributed by atoms with Crippen molar-refractivity contribution in [2.45, 2.75) is 11.3 Å². The fraction of sp³-hybridized carbons (Fsp3) is 0.188. The van der Waals surface area contributed by atoms with E-state index in [-0.39, 0.29) is 21.9 Å². The zero-order valence-electron chi connectivity index (χ0n) is 14.0. The molecular formula is C16H15ClN2O6S2. The molecule has 0 radical (unpaired) electrons. The van der Waals surface area contributed by atoms with Gasteiger partial charge < -0.3 is 10.1 Å². The van der Waals surface area contributed by atoms with Crippen molar-refractivity contribution in [2.24, 2.45) is 0 Å². The Morgan fingerprint density at radius 1 is 1.15 bits per heavy atom. The van der Waals surface area contributed by atoms with Gasteiger partial charge in [-0.3, -0.25) is 14.9 Å². The number of halogens is 1. The lowest BCUT2D eigenvalue weighted by molar-refractivity contribution is -0.115. The first kappa shape index (κ1) is 20.9. The molecule has 2 aromatic rings. The van der Waals surface area contributed by atoms with Crippen LogP contribution in [0.1, 0.15) is 16.8 Å². The maximum absolute atomic E-state index is 12.2. The van der Waals surface area contributed by atoms with Crippen molar-refractivity contribution in [1.82, 2.24) is 5.32 Å². The summed E-state index contributed by atoms with van der Waals surface area (Å²) >= 11 is 6.79. The summed E-state index contributed by atoms with van der Waals surface area (Å²) in [6.45, 7) is 0. The van der Waals surface area contributed by atoms with Crippen molar-refractivity contribution in [2.75, 3.05) is 18.2 Å². The first-order valence-electron chi connectivity index (χ1n) is 7.48. The molecule has 11 heteroatoms. The quantitative estimate of drug-likeness (QED) is 0.727. The Kier molecular flexibility index (Phi) is 6.94. The number of hydrogen-bond acceptors (Lipinski definition) is 7. The second-order valence-corrected chi connectivity index (χ2v) is 8.64. The van der Waals surface area contributed by atoms with Crippen LogP contribution in [0, 0.1) is 0 Å². The monoisotopic (exact) mass is 430 g/mol. The molecule has 0 aliphatic rings. The minimum Gasteiger partial charge on any atom is -0.453 e. The van der Waals surface area contributed by atoms with Crippen LogP contribution in [0.4, 0.5) is 9.80 Å². The highest BCUT2D eigenvalue weighted by Crippen LogP contribution is 2.23. The minimum atomic E-state index is -3.65. The van der Waals surface area contributed by atoms with E-state index in [2.05, 4.69) is 10.1 Å². The van der Waals surface area contributed by atoms with Gasteiger partial charge in [0, 0.05) is 11.4 Å². The number of carbonyl (C=O) groups is 3. The van der Waals surface area contributed by atoms with Crippen molar-refractivity contribution in [3.63, 3.8) is 0 Å². The van der Waals surface area contributed by atoms with Crippen LogP contribution in [0.2, 0.25) is 5.02 Å². The van der Waals surface area contributed by atoms with E-state index in [0.29, 0.717) is 5.02 Å². The van der Waals surface area contributed by atoms with Crippen LogP contribution < -0.4 is 10.6 Å². The summed E-state index contributed by atoms with van der Waals surface area (Å²) in [7, 11) is -2.54. The van der Waals surface area contributed by atoms with Gasteiger partial charge in [0.15, 0.2) is 9.84 Å². The van der Waals surface area contributed by atoms with Gasteiger partial charge in [-0.1, -0.05) is 11.6 Å². The van der Waals surface area contributed by atoms with E-state index in [0.717, 1.165) is 18.4 Å². The summed E-state index contributed by atoms with van der Waals surface area (Å²) in [6.07, 6.45) is -1.24. The summed E-state index contributed by atoms with van der Waals surface area (Å²) in [4.78, 5) is 35.2. The molecule has 0 aliphatic carbocycles. The third-order valence-corrected chi connectivity index (χ3v) is 6.15. The average molecular weight is 431 g/mol. The lowest BCUT2D eigenvalue weighted by Gasteiger charge is -2.07. The molecule has 144 valence electrons. The summed E-state index contributed by atoms with van der Waals surface area (Å²) in [5.74, 6) is -1.73. The number of rotatable bonds is 6. The first-order valence-corrected chi connectivity index (χ1v) is 10.4. The van der Waals surface area contributed by atoms with Gasteiger partial charge in [-0.05, 0) is 35.7 Å². The molecule has 27 heavy (non-hydrogen) atoms. The van der Waals surface area contributed by atoms with E-state index in [1.807, 2.05) is 5.32 Å². The molecule has 0 atom stereocenters. The van der Waals surface area contributed by atoms with E-state index in [1.165, 1.54) is 30.3 Å². The average Bonchev–Trinajstić information content (AvgIpc) is 3.08. The number of thiophene rings is 1. The van der Waals surface area contributed by atoms with Crippen molar-refractivity contribution in [3.05, 3.63) is 46.3 Å². The molecule has 8 nitrogen and oxygen atoms in total. The van der Waals surface area contributed by atoms with Crippen molar-refractivity contribution in [3.8, 4) is 0 Å². The summed E-state index contributed by atoms with van der Waals surface area (Å²) < 4.78 is 28.8. The number of hydrogen-bond donors (Lipinski definition) is 2. The second-order valence-electron chi connectivity index (χ2n) is 5.18. The van der Waals surface area contributed by atoms with Crippen LogP contribution in [0.25, 0.3) is 0 Å². The Hall–Kier alpha value is -2.43. The molecule has 1 aromatic carbocycles. The maximum atomic E-state index is 12.2. The van der Waals surface area contributed by atoms with Gasteiger partial charge in [-0.25, -0.2) is 13.2 Å². The molecule has 3 amide bonds. The molecule has 0 fully saturated rings. The SMILES string of the molecule is COC(=O)NC(=O)c1ccsc1NC(=O)CCS(=O)(=O)c1ccc(Cl)cc1. The fourth-order valence-electron chi connectivity index (χ4n) is 1.97. The number of alkyl carbamates (subject to hydrolysis) is 1. The summed E-state index contributed by atoms with van der Waals surface area (Å²) in [6, 6.07) is 7.05. The lowest BCUT2D eigenvalue weighted by atomic mass is 10.3. The van der Waals surface area contributed by atoms with Gasteiger partial charge in [0.25, 0.3) is 5.91 Å². The van der Waals surface area contributed by atoms with E-state index < -0.39 is 33.5 Å². The third kappa shape index (κ3) is 5.78. The van der Waals surface area contributed by atoms with Crippen molar-refractivity contribution >= 4 is 55.7 Å². The normalized spacial score (nSPS) is 10.9. The first-order chi connectivity index (χ1) is 12.7. The summed E-state index contributed by atoms with van der Waals surface area (Å²) in [5, 5.41) is 6.61. The number of nitrogens with one attached hydrogen (secondary N) is 2. The van der Waals surface area contributed by atoms with E-state index >= 15 is 0 Å². The highest BCUT2D eigenvalue weighted by Gasteiger charge is 2.20. The molecule has 0 aliphatic heterocycles. The predicted octanol–water partition coefficient (Wildman–Crippen LogP) is 2.70. The molecule has 0 saturated heterocycles. The minimum absolute atomic E-state index is 0.0639. The second kappa shape index (κ2) is 8.98. The maximum Gasteiger partial charge on any atom is 0.413 e. The van der Waals surface area contributed by atoms with E-state index in [1.54, 1.807) is 5.38 Å². The Morgan fingerprint density at radius 3 is 2.44 bits per heavy atom. The number of ether oxygens (including phenoxy) is 1. The molecule has 0 bridgehead atoms. The zero-order valence-corrected chi connectivity index (χ0v) is 16.4. The fourth-order valence-corrected chi connectivity index (χ4v) is 4.14. The Morgan fingerprint density at radius 2 is 1.81 bits per heavy atom. The molecule has 1 heterocycles. The van der Waals surface area contributed by atoms with Crippen LogP contribution in [-0.2, 0) is 19.4 Å². The third-order valence-electron chi connectivity index (χ3n) is 3.33. The van der Waals surface area contributed by atoms with Crippen LogP contribution in [-0.4, -0.2) is 39.2 Å². The van der Waals surface area contributed by atoms with Gasteiger partial charge in [-0.2, -0.15) is 0 Å². The van der Waals surface area contributed by atoms with Gasteiger partial charge >= 0.3 is 6.09 Å². The topological polar surface area (TPSA) is 119 Å². The number of amides is 3. The number of methoxy groups -OCH3 is 1. The van der Waals surface area contributed by atoms with Crippen LogP contribution in [0.3, 0.4) is 0 Å². The smallest absolute Gasteiger partial charge is 0.413 e. The molecule has 1 aromatic heterocycles. The van der Waals surface area contributed by atoms with Gasteiger partial charge in [0.2, 0.25) is 5.91 Å². The molecule has 2 rings (SSSR count). The van der Waals surface area contributed by atoms with Gasteiger partial charge in [0.1, 0.15) is 5.00 Å². The molecule has 0 spiro atoms. The largest absolute Gasteiger partial charge is 0.453 e. The number of anilines is 1. The highest BCUT2D eigenvalue weighted by molar-refractivity contribution is 7.91. The molecule has 0 unspecified atom stereocenters. The number of benzene rings is 1. The van der Waals surface area contributed by atoms with E-state index in [9.17, 15) is 22.8 Å². The lowest BCUT2D eigenvalue weighted by Crippen LogP contribution is -2.30. The Labute approximate surface area is 164 Å². The number of carbonyl (C=O) groups excluding carboxylic acids is 3. The van der Waals surface area contributed by atoms with Crippen LogP contribution in [0.15, 0.2) is 40.6 Å². The molecule has 2 N–H and O–H groups in total. The number of imide groups is 1. The van der Waals surface area contributed by atoms with Crippen LogP contribution >= 0.6 is 22.9 Å². The molecule has 0 saturated carbocycles. The standard InChI is InChI=1S/C16H15ClN2O6S2/c1-25-16(22)19-14(21)12-6-8-26-15(12)18-13(20)7-9-27(23,24)11-4-2-10(17)3-5-11/h2-6,8H,7,9H2,1H3,(H,18,20)(H,19,21,22). The zero-order chi connectivity index (χ0) is 20.0. The molecular weight excluding hydrogens is 416 g/mol. The van der Waals surface area contributed by atoms with Crippen molar-refractivity contribution in [1.29, 1.82) is 0 Å². The highest BCUT2D eigenvalue weighted by atomic mass is 35.5. The Balaban J connectivity index is 1.98.